The van der Waals surface area contributed by atoms with Crippen molar-refractivity contribution in [1.82, 2.24) is 0 Å². The Labute approximate surface area is 141 Å². The molecule has 0 aliphatic rings. The number of ether oxygens (including phenoxy) is 1. The summed E-state index contributed by atoms with van der Waals surface area (Å²) in [5.74, 6) is -0.609. The first kappa shape index (κ1) is 16.8. The molecule has 2 aromatic carbocycles. The van der Waals surface area contributed by atoms with Gasteiger partial charge in [0.15, 0.2) is 0 Å². The number of halogens is 3. The number of benzene rings is 2. The third-order valence-corrected chi connectivity index (χ3v) is 3.51. The molecule has 3 nitrogen and oxygen atoms in total. The first-order valence-electron chi connectivity index (χ1n) is 6.59. The zero-order chi connectivity index (χ0) is 16.3. The van der Waals surface area contributed by atoms with Gasteiger partial charge in [-0.25, -0.2) is 4.39 Å². The molecular weight excluding hydrogens is 373 g/mol. The Morgan fingerprint density at radius 3 is 2.64 bits per heavy atom. The molecule has 0 aromatic heterocycles. The maximum absolute atomic E-state index is 13.7. The molecule has 0 saturated heterocycles. The van der Waals surface area contributed by atoms with Gasteiger partial charge in [-0.3, -0.25) is 4.79 Å². The molecule has 0 atom stereocenters. The van der Waals surface area contributed by atoms with Crippen molar-refractivity contribution in [3.8, 4) is 5.75 Å². The highest BCUT2D eigenvalue weighted by Crippen LogP contribution is 2.29. The number of amides is 1. The smallest absolute Gasteiger partial charge is 0.258 e. The van der Waals surface area contributed by atoms with Crippen molar-refractivity contribution in [2.45, 2.75) is 20.0 Å². The van der Waals surface area contributed by atoms with Gasteiger partial charge in [-0.1, -0.05) is 27.5 Å². The van der Waals surface area contributed by atoms with Crippen LogP contribution in [0.3, 0.4) is 0 Å². The van der Waals surface area contributed by atoms with E-state index in [0.717, 1.165) is 0 Å². The van der Waals surface area contributed by atoms with Crippen molar-refractivity contribution in [3.05, 3.63) is 57.3 Å². The second-order valence-electron chi connectivity index (χ2n) is 4.89. The van der Waals surface area contributed by atoms with E-state index in [9.17, 15) is 9.18 Å². The summed E-state index contributed by atoms with van der Waals surface area (Å²) in [6, 6.07) is 9.05. The molecular formula is C16H14BrClFNO2. The number of hydrogen-bond donors (Lipinski definition) is 1. The Bertz CT molecular complexity index is 707. The highest BCUT2D eigenvalue weighted by molar-refractivity contribution is 9.10. The molecule has 0 spiro atoms. The van der Waals surface area contributed by atoms with E-state index in [2.05, 4.69) is 21.2 Å². The van der Waals surface area contributed by atoms with Crippen LogP contribution in [0.5, 0.6) is 5.75 Å². The maximum atomic E-state index is 13.7. The summed E-state index contributed by atoms with van der Waals surface area (Å²) >= 11 is 9.31. The first-order chi connectivity index (χ1) is 10.4. The monoisotopic (exact) mass is 385 g/mol. The molecule has 2 aromatic rings. The van der Waals surface area contributed by atoms with Crippen LogP contribution >= 0.6 is 27.5 Å². The molecule has 0 heterocycles. The molecule has 0 unspecified atom stereocenters. The van der Waals surface area contributed by atoms with Gasteiger partial charge >= 0.3 is 0 Å². The molecule has 0 radical (unpaired) electrons. The van der Waals surface area contributed by atoms with E-state index in [-0.39, 0.29) is 11.7 Å². The largest absolute Gasteiger partial charge is 0.489 e. The van der Waals surface area contributed by atoms with Crippen molar-refractivity contribution in [3.63, 3.8) is 0 Å². The first-order valence-corrected chi connectivity index (χ1v) is 7.76. The van der Waals surface area contributed by atoms with Crippen LogP contribution in [0.4, 0.5) is 10.1 Å². The second kappa shape index (κ2) is 7.11. The van der Waals surface area contributed by atoms with E-state index in [0.29, 0.717) is 20.9 Å². The van der Waals surface area contributed by atoms with E-state index in [1.54, 1.807) is 18.2 Å². The van der Waals surface area contributed by atoms with Gasteiger partial charge in [0.25, 0.3) is 5.91 Å². The fourth-order valence-electron chi connectivity index (χ4n) is 1.80. The minimum Gasteiger partial charge on any atom is -0.489 e. The van der Waals surface area contributed by atoms with Crippen LogP contribution in [0.15, 0.2) is 40.9 Å². The van der Waals surface area contributed by atoms with Crippen molar-refractivity contribution in [1.29, 1.82) is 0 Å². The quantitative estimate of drug-likeness (QED) is 0.776. The molecule has 0 saturated carbocycles. The minimum atomic E-state index is -0.591. The van der Waals surface area contributed by atoms with E-state index in [1.165, 1.54) is 18.2 Å². The summed E-state index contributed by atoms with van der Waals surface area (Å²) in [6.45, 7) is 3.78. The number of carbonyl (C=O) groups is 1. The summed E-state index contributed by atoms with van der Waals surface area (Å²) in [7, 11) is 0. The number of carbonyl (C=O) groups excluding carboxylic acids is 1. The standard InChI is InChI=1S/C16H14BrClFNO2/c1-9(2)22-15-6-4-11(8-13(15)18)20-16(21)12-7-10(17)3-5-14(12)19/h3-9H,1-2H3,(H,20,21). The molecule has 2 rings (SSSR count). The molecule has 6 heteroatoms. The maximum Gasteiger partial charge on any atom is 0.258 e. The average molecular weight is 387 g/mol. The third-order valence-electron chi connectivity index (χ3n) is 2.73. The molecule has 22 heavy (non-hydrogen) atoms. The Hall–Kier alpha value is -1.59. The topological polar surface area (TPSA) is 38.3 Å². The van der Waals surface area contributed by atoms with Crippen molar-refractivity contribution in [2.24, 2.45) is 0 Å². The van der Waals surface area contributed by atoms with Gasteiger partial charge < -0.3 is 10.1 Å². The zero-order valence-electron chi connectivity index (χ0n) is 12.0. The summed E-state index contributed by atoms with van der Waals surface area (Å²) in [4.78, 5) is 12.1. The van der Waals surface area contributed by atoms with Crippen LogP contribution in [0.25, 0.3) is 0 Å². The Balaban J connectivity index is 2.18. The van der Waals surface area contributed by atoms with Crippen molar-refractivity contribution < 1.29 is 13.9 Å². The predicted molar refractivity (Wildman–Crippen MR) is 89.3 cm³/mol. The van der Waals surface area contributed by atoms with Gasteiger partial charge in [-0.2, -0.15) is 0 Å². The molecule has 116 valence electrons. The van der Waals surface area contributed by atoms with Crippen LogP contribution < -0.4 is 10.1 Å². The number of rotatable bonds is 4. The van der Waals surface area contributed by atoms with Gasteiger partial charge in [0.2, 0.25) is 0 Å². The highest BCUT2D eigenvalue weighted by Gasteiger charge is 2.13. The van der Waals surface area contributed by atoms with Crippen molar-refractivity contribution in [2.75, 3.05) is 5.32 Å². The number of anilines is 1. The molecule has 1 amide bonds. The van der Waals surface area contributed by atoms with Crippen LogP contribution in [0.2, 0.25) is 5.02 Å². The second-order valence-corrected chi connectivity index (χ2v) is 6.21. The summed E-state index contributed by atoms with van der Waals surface area (Å²) in [5, 5.41) is 2.98. The predicted octanol–water partition coefficient (Wildman–Crippen LogP) is 5.28. The molecule has 0 aliphatic heterocycles. The lowest BCUT2D eigenvalue weighted by molar-refractivity contribution is 0.102. The van der Waals surface area contributed by atoms with E-state index in [4.69, 9.17) is 16.3 Å². The van der Waals surface area contributed by atoms with E-state index >= 15 is 0 Å². The van der Waals surface area contributed by atoms with Crippen LogP contribution in [-0.4, -0.2) is 12.0 Å². The van der Waals surface area contributed by atoms with Crippen LogP contribution in [0, 0.1) is 5.82 Å². The van der Waals surface area contributed by atoms with Gasteiger partial charge in [0, 0.05) is 10.2 Å². The Kier molecular flexibility index (Phi) is 5.42. The van der Waals surface area contributed by atoms with E-state index < -0.39 is 11.7 Å². The highest BCUT2D eigenvalue weighted by atomic mass is 79.9. The van der Waals surface area contributed by atoms with Gasteiger partial charge in [-0.05, 0) is 50.2 Å². The van der Waals surface area contributed by atoms with Gasteiger partial charge in [0.05, 0.1) is 16.7 Å². The summed E-state index contributed by atoms with van der Waals surface area (Å²) in [5.41, 5.74) is 0.415. The molecule has 0 bridgehead atoms. The molecule has 0 aliphatic carbocycles. The fraction of sp³-hybridized carbons (Fsp3) is 0.188. The summed E-state index contributed by atoms with van der Waals surface area (Å²) < 4.78 is 19.8. The zero-order valence-corrected chi connectivity index (χ0v) is 14.3. The van der Waals surface area contributed by atoms with Gasteiger partial charge in [0.1, 0.15) is 11.6 Å². The lowest BCUT2D eigenvalue weighted by Gasteiger charge is -2.13. The number of nitrogens with one attached hydrogen (secondary N) is 1. The SMILES string of the molecule is CC(C)Oc1ccc(NC(=O)c2cc(Br)ccc2F)cc1Cl. The average Bonchev–Trinajstić information content (AvgIpc) is 2.44. The molecule has 1 N–H and O–H groups in total. The third kappa shape index (κ3) is 4.21. The van der Waals surface area contributed by atoms with Crippen LogP contribution in [0.1, 0.15) is 24.2 Å². The lowest BCUT2D eigenvalue weighted by atomic mass is 10.2. The van der Waals surface area contributed by atoms with E-state index in [1.807, 2.05) is 13.8 Å². The minimum absolute atomic E-state index is 0.00583. The Morgan fingerprint density at radius 2 is 2.00 bits per heavy atom. The number of hydrogen-bond acceptors (Lipinski definition) is 2. The van der Waals surface area contributed by atoms with Gasteiger partial charge in [-0.15, -0.1) is 0 Å². The summed E-state index contributed by atoms with van der Waals surface area (Å²) in [6.07, 6.45) is -0.00583. The van der Waals surface area contributed by atoms with Crippen LogP contribution in [-0.2, 0) is 0 Å². The lowest BCUT2D eigenvalue weighted by Crippen LogP contribution is -2.14. The van der Waals surface area contributed by atoms with Crippen molar-refractivity contribution >= 4 is 39.1 Å². The normalized spacial score (nSPS) is 10.6. The Morgan fingerprint density at radius 1 is 1.27 bits per heavy atom. The molecule has 0 fully saturated rings. The fourth-order valence-corrected chi connectivity index (χ4v) is 2.38.